The van der Waals surface area contributed by atoms with Gasteiger partial charge < -0.3 is 14.7 Å². The van der Waals surface area contributed by atoms with Gasteiger partial charge in [0, 0.05) is 31.5 Å². The Morgan fingerprint density at radius 3 is 2.83 bits per heavy atom. The van der Waals surface area contributed by atoms with Gasteiger partial charge in [0.25, 0.3) is 0 Å². The number of rotatable bonds is 4. The van der Waals surface area contributed by atoms with Crippen LogP contribution in [0.3, 0.4) is 0 Å². The standard InChI is InChI=1S/C14H22N2O2/c1-3-18-12-6-9-16(10-7-12)14-13(11(2)17)5-4-8-15-14/h4-5,8,11-12,17H,3,6-7,9-10H2,1-2H3/t11-/m0/s1. The predicted molar refractivity (Wildman–Crippen MR) is 71.7 cm³/mol. The predicted octanol–water partition coefficient (Wildman–Crippen LogP) is 2.14. The second-order valence-electron chi connectivity index (χ2n) is 4.73. The van der Waals surface area contributed by atoms with Crippen LogP contribution in [0.15, 0.2) is 18.3 Å². The van der Waals surface area contributed by atoms with Gasteiger partial charge in [-0.1, -0.05) is 6.07 Å². The summed E-state index contributed by atoms with van der Waals surface area (Å²) >= 11 is 0. The molecule has 0 radical (unpaired) electrons. The third-order valence-corrected chi connectivity index (χ3v) is 3.41. The monoisotopic (exact) mass is 250 g/mol. The van der Waals surface area contributed by atoms with Gasteiger partial charge >= 0.3 is 0 Å². The maximum Gasteiger partial charge on any atom is 0.134 e. The Hall–Kier alpha value is -1.13. The average molecular weight is 250 g/mol. The van der Waals surface area contributed by atoms with E-state index in [2.05, 4.69) is 9.88 Å². The number of aliphatic hydroxyl groups excluding tert-OH is 1. The zero-order chi connectivity index (χ0) is 13.0. The maximum atomic E-state index is 9.78. The van der Waals surface area contributed by atoms with E-state index in [-0.39, 0.29) is 0 Å². The van der Waals surface area contributed by atoms with Crippen LogP contribution in [0.1, 0.15) is 38.4 Å². The quantitative estimate of drug-likeness (QED) is 0.889. The molecule has 0 aromatic carbocycles. The van der Waals surface area contributed by atoms with Crippen molar-refractivity contribution in [3.63, 3.8) is 0 Å². The van der Waals surface area contributed by atoms with Gasteiger partial charge in [-0.25, -0.2) is 4.98 Å². The van der Waals surface area contributed by atoms with Crippen LogP contribution >= 0.6 is 0 Å². The summed E-state index contributed by atoms with van der Waals surface area (Å²) in [6.45, 7) is 6.50. The Kier molecular flexibility index (Phi) is 4.55. The van der Waals surface area contributed by atoms with Crippen molar-refractivity contribution >= 4 is 5.82 Å². The van der Waals surface area contributed by atoms with Crippen molar-refractivity contribution in [3.8, 4) is 0 Å². The Morgan fingerprint density at radius 2 is 2.22 bits per heavy atom. The highest BCUT2D eigenvalue weighted by Crippen LogP contribution is 2.26. The zero-order valence-electron chi connectivity index (χ0n) is 11.2. The molecule has 0 saturated carbocycles. The van der Waals surface area contributed by atoms with Crippen molar-refractivity contribution in [2.45, 2.75) is 38.9 Å². The fourth-order valence-electron chi connectivity index (χ4n) is 2.47. The molecule has 2 rings (SSSR count). The zero-order valence-corrected chi connectivity index (χ0v) is 11.2. The van der Waals surface area contributed by atoms with Gasteiger partial charge in [-0.3, -0.25) is 0 Å². The molecule has 2 heterocycles. The summed E-state index contributed by atoms with van der Waals surface area (Å²) in [6.07, 6.45) is 3.76. The lowest BCUT2D eigenvalue weighted by molar-refractivity contribution is 0.0457. The van der Waals surface area contributed by atoms with E-state index in [1.165, 1.54) is 0 Å². The number of hydrogen-bond acceptors (Lipinski definition) is 4. The summed E-state index contributed by atoms with van der Waals surface area (Å²) in [6, 6.07) is 3.82. The molecule has 4 heteroatoms. The highest BCUT2D eigenvalue weighted by Gasteiger charge is 2.22. The van der Waals surface area contributed by atoms with Gasteiger partial charge in [0.05, 0.1) is 12.2 Å². The molecular formula is C14H22N2O2. The molecule has 0 unspecified atom stereocenters. The van der Waals surface area contributed by atoms with Gasteiger partial charge in [0.1, 0.15) is 5.82 Å². The minimum absolute atomic E-state index is 0.380. The molecule has 1 aromatic heterocycles. The van der Waals surface area contributed by atoms with Gasteiger partial charge in [0.15, 0.2) is 0 Å². The number of ether oxygens (including phenoxy) is 1. The fourth-order valence-corrected chi connectivity index (χ4v) is 2.47. The van der Waals surface area contributed by atoms with E-state index in [0.717, 1.165) is 43.9 Å². The third-order valence-electron chi connectivity index (χ3n) is 3.41. The smallest absolute Gasteiger partial charge is 0.134 e. The second kappa shape index (κ2) is 6.16. The fraction of sp³-hybridized carbons (Fsp3) is 0.643. The lowest BCUT2D eigenvalue weighted by atomic mass is 10.1. The second-order valence-corrected chi connectivity index (χ2v) is 4.73. The summed E-state index contributed by atoms with van der Waals surface area (Å²) in [7, 11) is 0. The lowest BCUT2D eigenvalue weighted by Crippen LogP contribution is -2.38. The molecule has 1 fully saturated rings. The molecule has 18 heavy (non-hydrogen) atoms. The molecule has 0 aliphatic carbocycles. The van der Waals surface area contributed by atoms with Crippen LogP contribution in [-0.2, 0) is 4.74 Å². The first-order valence-electron chi connectivity index (χ1n) is 6.72. The van der Waals surface area contributed by atoms with Crippen molar-refractivity contribution in [3.05, 3.63) is 23.9 Å². The summed E-state index contributed by atoms with van der Waals surface area (Å²) in [4.78, 5) is 6.67. The Labute approximate surface area is 109 Å². The number of aliphatic hydroxyl groups is 1. The molecule has 0 spiro atoms. The Balaban J connectivity index is 2.05. The molecule has 0 bridgehead atoms. The molecule has 1 atom stereocenters. The Morgan fingerprint density at radius 1 is 1.50 bits per heavy atom. The third kappa shape index (κ3) is 3.00. The van der Waals surface area contributed by atoms with E-state index >= 15 is 0 Å². The van der Waals surface area contributed by atoms with Crippen molar-refractivity contribution in [2.75, 3.05) is 24.6 Å². The van der Waals surface area contributed by atoms with E-state index < -0.39 is 6.10 Å². The first kappa shape index (κ1) is 13.3. The summed E-state index contributed by atoms with van der Waals surface area (Å²) in [5.41, 5.74) is 0.910. The molecule has 1 N–H and O–H groups in total. The maximum absolute atomic E-state index is 9.78. The minimum atomic E-state index is -0.474. The van der Waals surface area contributed by atoms with Crippen LogP contribution in [0.2, 0.25) is 0 Å². The van der Waals surface area contributed by atoms with Crippen molar-refractivity contribution in [2.24, 2.45) is 0 Å². The minimum Gasteiger partial charge on any atom is -0.389 e. The molecule has 0 amide bonds. The van der Waals surface area contributed by atoms with Crippen molar-refractivity contribution in [1.82, 2.24) is 4.98 Å². The van der Waals surface area contributed by atoms with Crippen molar-refractivity contribution in [1.29, 1.82) is 0 Å². The summed E-state index contributed by atoms with van der Waals surface area (Å²) < 4.78 is 5.65. The van der Waals surface area contributed by atoms with Crippen molar-refractivity contribution < 1.29 is 9.84 Å². The van der Waals surface area contributed by atoms with Crippen LogP contribution in [-0.4, -0.2) is 35.9 Å². The summed E-state index contributed by atoms with van der Waals surface area (Å²) in [5, 5.41) is 9.78. The van der Waals surface area contributed by atoms with E-state index in [9.17, 15) is 5.11 Å². The van der Waals surface area contributed by atoms with E-state index in [0.29, 0.717) is 6.10 Å². The number of aromatic nitrogens is 1. The Bertz CT molecular complexity index is 374. The van der Waals surface area contributed by atoms with Gasteiger partial charge in [0.2, 0.25) is 0 Å². The van der Waals surface area contributed by atoms with Crippen LogP contribution in [0.4, 0.5) is 5.82 Å². The lowest BCUT2D eigenvalue weighted by Gasteiger charge is -2.33. The molecule has 1 aromatic rings. The highest BCUT2D eigenvalue weighted by atomic mass is 16.5. The number of pyridine rings is 1. The topological polar surface area (TPSA) is 45.6 Å². The van der Waals surface area contributed by atoms with Gasteiger partial charge in [-0.15, -0.1) is 0 Å². The number of nitrogens with zero attached hydrogens (tertiary/aromatic N) is 2. The van der Waals surface area contributed by atoms with Gasteiger partial charge in [-0.05, 0) is 32.8 Å². The molecule has 1 saturated heterocycles. The first-order valence-corrected chi connectivity index (χ1v) is 6.72. The van der Waals surface area contributed by atoms with Crippen LogP contribution in [0, 0.1) is 0 Å². The molecular weight excluding hydrogens is 228 g/mol. The van der Waals surface area contributed by atoms with E-state index in [1.807, 2.05) is 19.1 Å². The molecule has 1 aliphatic heterocycles. The van der Waals surface area contributed by atoms with Gasteiger partial charge in [-0.2, -0.15) is 0 Å². The van der Waals surface area contributed by atoms with Crippen LogP contribution in [0.5, 0.6) is 0 Å². The molecule has 1 aliphatic rings. The van der Waals surface area contributed by atoms with E-state index in [4.69, 9.17) is 4.74 Å². The normalized spacial score (nSPS) is 18.9. The van der Waals surface area contributed by atoms with Crippen LogP contribution in [0.25, 0.3) is 0 Å². The SMILES string of the molecule is CCOC1CCN(c2ncccc2[C@H](C)O)CC1. The number of piperidine rings is 1. The highest BCUT2D eigenvalue weighted by molar-refractivity contribution is 5.48. The largest absolute Gasteiger partial charge is 0.389 e. The number of anilines is 1. The molecule has 100 valence electrons. The first-order chi connectivity index (χ1) is 8.72. The average Bonchev–Trinajstić information content (AvgIpc) is 2.40. The number of hydrogen-bond donors (Lipinski definition) is 1. The van der Waals surface area contributed by atoms with E-state index in [1.54, 1.807) is 13.1 Å². The molecule has 4 nitrogen and oxygen atoms in total. The summed E-state index contributed by atoms with van der Waals surface area (Å²) in [5.74, 6) is 0.919. The van der Waals surface area contributed by atoms with Crippen LogP contribution < -0.4 is 4.90 Å².